The lowest BCUT2D eigenvalue weighted by Crippen LogP contribution is -1.94. The van der Waals surface area contributed by atoms with Crippen LogP contribution in [-0.2, 0) is 6.42 Å². The minimum atomic E-state index is 0.269. The molecule has 0 aliphatic rings. The van der Waals surface area contributed by atoms with Crippen LogP contribution in [0.1, 0.15) is 15.4 Å². The summed E-state index contributed by atoms with van der Waals surface area (Å²) in [6, 6.07) is 16.2. The van der Waals surface area contributed by atoms with Gasteiger partial charge in [-0.1, -0.05) is 51.8 Å². The third kappa shape index (κ3) is 2.99. The molecular formula is C15H11BrClNS. The van der Waals surface area contributed by atoms with Gasteiger partial charge >= 0.3 is 0 Å². The molecule has 2 aromatic carbocycles. The molecule has 0 aliphatic carbocycles. The molecule has 1 aromatic heterocycles. The molecule has 0 saturated carbocycles. The Morgan fingerprint density at radius 2 is 1.84 bits per heavy atom. The van der Waals surface area contributed by atoms with Crippen LogP contribution in [0.5, 0.6) is 0 Å². The van der Waals surface area contributed by atoms with Gasteiger partial charge in [-0.2, -0.15) is 0 Å². The largest absolute Gasteiger partial charge is 0.241 e. The Morgan fingerprint density at radius 3 is 2.58 bits per heavy atom. The molecule has 1 nitrogen and oxygen atoms in total. The second-order valence-corrected chi connectivity index (χ2v) is 6.96. The van der Waals surface area contributed by atoms with Gasteiger partial charge in [0.25, 0.3) is 0 Å². The molecule has 1 heterocycles. The van der Waals surface area contributed by atoms with E-state index in [1.54, 1.807) is 11.3 Å². The highest BCUT2D eigenvalue weighted by molar-refractivity contribution is 9.09. The topological polar surface area (TPSA) is 12.9 Å². The quantitative estimate of drug-likeness (QED) is 0.557. The standard InChI is InChI=1S/C15H11BrClNS/c16-12(10-5-7-11(17)8-6-10)9-15-18-13-3-1-2-4-14(13)19-15/h1-8,12H,9H2. The highest BCUT2D eigenvalue weighted by Gasteiger charge is 2.11. The predicted molar refractivity (Wildman–Crippen MR) is 86.4 cm³/mol. The predicted octanol–water partition coefficient (Wildman–Crippen LogP) is 5.63. The van der Waals surface area contributed by atoms with Crippen molar-refractivity contribution in [3.8, 4) is 0 Å². The second kappa shape index (κ2) is 5.61. The SMILES string of the molecule is Clc1ccc(C(Br)Cc2nc3ccccc3s2)cc1. The maximum atomic E-state index is 5.90. The van der Waals surface area contributed by atoms with Gasteiger partial charge in [-0.25, -0.2) is 4.98 Å². The number of aromatic nitrogens is 1. The molecule has 1 unspecified atom stereocenters. The fraction of sp³-hybridized carbons (Fsp3) is 0.133. The van der Waals surface area contributed by atoms with Gasteiger partial charge in [0.2, 0.25) is 0 Å². The number of rotatable bonds is 3. The van der Waals surface area contributed by atoms with Crippen LogP contribution in [0.25, 0.3) is 10.2 Å². The molecule has 96 valence electrons. The van der Waals surface area contributed by atoms with Crippen LogP contribution >= 0.6 is 38.9 Å². The van der Waals surface area contributed by atoms with E-state index in [1.165, 1.54) is 10.3 Å². The van der Waals surface area contributed by atoms with Gasteiger partial charge in [-0.3, -0.25) is 0 Å². The molecule has 0 radical (unpaired) electrons. The number of nitrogens with zero attached hydrogens (tertiary/aromatic N) is 1. The lowest BCUT2D eigenvalue weighted by Gasteiger charge is -2.07. The minimum Gasteiger partial charge on any atom is -0.241 e. The van der Waals surface area contributed by atoms with Crippen LogP contribution in [0.15, 0.2) is 48.5 Å². The number of halogens is 2. The molecule has 4 heteroatoms. The number of hydrogen-bond acceptors (Lipinski definition) is 2. The monoisotopic (exact) mass is 351 g/mol. The highest BCUT2D eigenvalue weighted by atomic mass is 79.9. The first-order valence-corrected chi connectivity index (χ1v) is 8.07. The molecule has 0 aliphatic heterocycles. The number of thiazole rings is 1. The van der Waals surface area contributed by atoms with Crippen LogP contribution in [0.2, 0.25) is 5.02 Å². The first kappa shape index (κ1) is 13.1. The molecule has 0 bridgehead atoms. The van der Waals surface area contributed by atoms with Crippen molar-refractivity contribution in [2.45, 2.75) is 11.2 Å². The summed E-state index contributed by atoms with van der Waals surface area (Å²) >= 11 is 11.4. The Hall–Kier alpha value is -0.900. The summed E-state index contributed by atoms with van der Waals surface area (Å²) in [5, 5.41) is 1.92. The van der Waals surface area contributed by atoms with Gasteiger partial charge in [-0.15, -0.1) is 11.3 Å². The van der Waals surface area contributed by atoms with Crippen molar-refractivity contribution in [1.29, 1.82) is 0 Å². The van der Waals surface area contributed by atoms with Crippen LogP contribution in [-0.4, -0.2) is 4.98 Å². The Kier molecular flexibility index (Phi) is 3.87. The van der Waals surface area contributed by atoms with E-state index < -0.39 is 0 Å². The van der Waals surface area contributed by atoms with Crippen molar-refractivity contribution >= 4 is 49.1 Å². The fourth-order valence-electron chi connectivity index (χ4n) is 1.95. The smallest absolute Gasteiger partial charge is 0.0953 e. The molecule has 0 saturated heterocycles. The summed E-state index contributed by atoms with van der Waals surface area (Å²) in [6.45, 7) is 0. The van der Waals surface area contributed by atoms with Gasteiger partial charge in [0.1, 0.15) is 0 Å². The van der Waals surface area contributed by atoms with Crippen molar-refractivity contribution in [2.24, 2.45) is 0 Å². The van der Waals surface area contributed by atoms with Gasteiger partial charge in [0.05, 0.1) is 15.2 Å². The van der Waals surface area contributed by atoms with Crippen molar-refractivity contribution in [2.75, 3.05) is 0 Å². The summed E-state index contributed by atoms with van der Waals surface area (Å²) in [5.74, 6) is 0. The first-order chi connectivity index (χ1) is 9.22. The summed E-state index contributed by atoms with van der Waals surface area (Å²) < 4.78 is 1.24. The Bertz CT molecular complexity index is 660. The van der Waals surface area contributed by atoms with E-state index in [2.05, 4.69) is 51.2 Å². The lowest BCUT2D eigenvalue weighted by atomic mass is 10.1. The van der Waals surface area contributed by atoms with E-state index in [1.807, 2.05) is 18.2 Å². The number of hydrogen-bond donors (Lipinski definition) is 0. The molecule has 19 heavy (non-hydrogen) atoms. The normalized spacial score (nSPS) is 12.7. The van der Waals surface area contributed by atoms with E-state index in [9.17, 15) is 0 Å². The number of fused-ring (bicyclic) bond motifs is 1. The van der Waals surface area contributed by atoms with Gasteiger partial charge in [0, 0.05) is 16.3 Å². The Labute approximate surface area is 129 Å². The molecule has 0 fully saturated rings. The van der Waals surface area contributed by atoms with E-state index in [0.29, 0.717) is 0 Å². The van der Waals surface area contributed by atoms with Crippen molar-refractivity contribution in [1.82, 2.24) is 4.98 Å². The maximum Gasteiger partial charge on any atom is 0.0953 e. The number of benzene rings is 2. The van der Waals surface area contributed by atoms with E-state index >= 15 is 0 Å². The average molecular weight is 353 g/mol. The van der Waals surface area contributed by atoms with Gasteiger partial charge in [-0.05, 0) is 29.8 Å². The molecule has 0 amide bonds. The highest BCUT2D eigenvalue weighted by Crippen LogP contribution is 2.31. The molecular weight excluding hydrogens is 342 g/mol. The van der Waals surface area contributed by atoms with E-state index in [-0.39, 0.29) is 4.83 Å². The van der Waals surface area contributed by atoms with Gasteiger partial charge in [0.15, 0.2) is 0 Å². The Morgan fingerprint density at radius 1 is 1.11 bits per heavy atom. The molecule has 1 atom stereocenters. The Balaban J connectivity index is 1.82. The summed E-state index contributed by atoms with van der Waals surface area (Å²) in [7, 11) is 0. The zero-order valence-electron chi connectivity index (χ0n) is 10.0. The summed E-state index contributed by atoms with van der Waals surface area (Å²) in [6.07, 6.45) is 0.890. The first-order valence-electron chi connectivity index (χ1n) is 5.96. The average Bonchev–Trinajstić information content (AvgIpc) is 2.81. The van der Waals surface area contributed by atoms with Crippen LogP contribution in [0.4, 0.5) is 0 Å². The van der Waals surface area contributed by atoms with Crippen molar-refractivity contribution in [3.63, 3.8) is 0 Å². The van der Waals surface area contributed by atoms with Gasteiger partial charge < -0.3 is 0 Å². The third-order valence-electron chi connectivity index (χ3n) is 2.92. The van der Waals surface area contributed by atoms with E-state index in [4.69, 9.17) is 11.6 Å². The summed E-state index contributed by atoms with van der Waals surface area (Å²) in [5.41, 5.74) is 2.31. The van der Waals surface area contributed by atoms with Crippen LogP contribution < -0.4 is 0 Å². The summed E-state index contributed by atoms with van der Waals surface area (Å²) in [4.78, 5) is 4.93. The third-order valence-corrected chi connectivity index (χ3v) is 5.09. The van der Waals surface area contributed by atoms with Crippen LogP contribution in [0, 0.1) is 0 Å². The fourth-order valence-corrected chi connectivity index (χ4v) is 3.91. The number of alkyl halides is 1. The molecule has 0 spiro atoms. The van der Waals surface area contributed by atoms with Crippen LogP contribution in [0.3, 0.4) is 0 Å². The van der Waals surface area contributed by atoms with Crippen molar-refractivity contribution < 1.29 is 0 Å². The molecule has 0 N–H and O–H groups in total. The lowest BCUT2D eigenvalue weighted by molar-refractivity contribution is 0.938. The zero-order valence-corrected chi connectivity index (χ0v) is 13.2. The number of para-hydroxylation sites is 1. The van der Waals surface area contributed by atoms with E-state index in [0.717, 1.165) is 22.0 Å². The van der Waals surface area contributed by atoms with Crippen molar-refractivity contribution in [3.05, 3.63) is 64.1 Å². The second-order valence-electron chi connectivity index (χ2n) is 4.30. The molecule has 3 rings (SSSR count). The zero-order chi connectivity index (χ0) is 13.2. The maximum absolute atomic E-state index is 5.90. The molecule has 3 aromatic rings. The minimum absolute atomic E-state index is 0.269.